The zero-order valence-corrected chi connectivity index (χ0v) is 15.8. The van der Waals surface area contributed by atoms with Gasteiger partial charge >= 0.3 is 0 Å². The number of sulfonamides is 1. The van der Waals surface area contributed by atoms with Crippen molar-refractivity contribution >= 4 is 21.0 Å². The summed E-state index contributed by atoms with van der Waals surface area (Å²) in [6.45, 7) is 5.08. The number of benzene rings is 1. The third kappa shape index (κ3) is 4.50. The molecular weight excluding hydrogens is 343 g/mol. The van der Waals surface area contributed by atoms with E-state index in [1.54, 1.807) is 20.8 Å². The van der Waals surface area contributed by atoms with Crippen molar-refractivity contribution in [3.05, 3.63) is 23.5 Å². The van der Waals surface area contributed by atoms with E-state index in [1.807, 2.05) is 0 Å². The minimum Gasteiger partial charge on any atom is -0.494 e. The van der Waals surface area contributed by atoms with Crippen molar-refractivity contribution in [1.82, 2.24) is 9.03 Å². The van der Waals surface area contributed by atoms with Crippen LogP contribution in [0.4, 0.5) is 4.39 Å². The molecule has 23 heavy (non-hydrogen) atoms. The first-order chi connectivity index (χ1) is 10.4. The molecule has 0 spiro atoms. The summed E-state index contributed by atoms with van der Waals surface area (Å²) in [6, 6.07) is 2.55. The number of hydrogen-bond acceptors (Lipinski definition) is 4. The fourth-order valence-corrected chi connectivity index (χ4v) is 3.51. The standard InChI is InChI=1S/C14H23FN2O4S2/c1-14(2,3)22(18)16-9-10-12(23(19,20)17(4)5)8-7-11(21-6)13(10)15/h7-8,16H,9H2,1-6H3. The quantitative estimate of drug-likeness (QED) is 0.830. The molecule has 1 N–H and O–H groups in total. The number of rotatable bonds is 6. The van der Waals surface area contributed by atoms with Gasteiger partial charge in [-0.1, -0.05) is 0 Å². The lowest BCUT2D eigenvalue weighted by atomic mass is 10.2. The van der Waals surface area contributed by atoms with E-state index in [9.17, 15) is 17.0 Å². The van der Waals surface area contributed by atoms with Crippen LogP contribution in [-0.2, 0) is 27.6 Å². The lowest BCUT2D eigenvalue weighted by Gasteiger charge is -2.20. The smallest absolute Gasteiger partial charge is 0.242 e. The number of hydrogen-bond donors (Lipinski definition) is 1. The second-order valence-corrected chi connectivity index (χ2v) is 10.2. The highest BCUT2D eigenvalue weighted by atomic mass is 32.2. The molecule has 0 saturated carbocycles. The number of nitrogens with zero attached hydrogens (tertiary/aromatic N) is 1. The van der Waals surface area contributed by atoms with Crippen molar-refractivity contribution in [2.45, 2.75) is 37.0 Å². The molecule has 1 aromatic carbocycles. The highest BCUT2D eigenvalue weighted by molar-refractivity contribution is 7.89. The van der Waals surface area contributed by atoms with E-state index in [1.165, 1.54) is 33.3 Å². The Morgan fingerprint density at radius 2 is 1.87 bits per heavy atom. The van der Waals surface area contributed by atoms with Crippen LogP contribution in [-0.4, -0.2) is 42.9 Å². The molecule has 9 heteroatoms. The molecule has 6 nitrogen and oxygen atoms in total. The zero-order valence-electron chi connectivity index (χ0n) is 14.1. The number of ether oxygens (including phenoxy) is 1. The molecule has 0 saturated heterocycles. The summed E-state index contributed by atoms with van der Waals surface area (Å²) in [6.07, 6.45) is 0. The van der Waals surface area contributed by atoms with E-state index in [4.69, 9.17) is 4.74 Å². The topological polar surface area (TPSA) is 75.7 Å². The van der Waals surface area contributed by atoms with Crippen LogP contribution in [0.3, 0.4) is 0 Å². The lowest BCUT2D eigenvalue weighted by Crippen LogP contribution is -2.34. The predicted octanol–water partition coefficient (Wildman–Crippen LogP) is 1.64. The maximum atomic E-state index is 14.5. The minimum absolute atomic E-state index is 0.0685. The van der Waals surface area contributed by atoms with E-state index in [0.717, 1.165) is 4.31 Å². The average molecular weight is 366 g/mol. The Balaban J connectivity index is 3.35. The summed E-state index contributed by atoms with van der Waals surface area (Å²) in [4.78, 5) is -0.181. The molecule has 1 unspecified atom stereocenters. The Bertz CT molecular complexity index is 697. The molecule has 0 heterocycles. The highest BCUT2D eigenvalue weighted by Crippen LogP contribution is 2.28. The van der Waals surface area contributed by atoms with Crippen LogP contribution in [0, 0.1) is 5.82 Å². The van der Waals surface area contributed by atoms with Crippen LogP contribution in [0.15, 0.2) is 17.0 Å². The van der Waals surface area contributed by atoms with Crippen LogP contribution >= 0.6 is 0 Å². The van der Waals surface area contributed by atoms with Gasteiger partial charge in [-0.05, 0) is 32.9 Å². The third-order valence-electron chi connectivity index (χ3n) is 3.08. The van der Waals surface area contributed by atoms with Gasteiger partial charge in [0, 0.05) is 26.2 Å². The molecule has 0 fully saturated rings. The van der Waals surface area contributed by atoms with Gasteiger partial charge in [0.1, 0.15) is 0 Å². The molecule has 0 aliphatic rings. The summed E-state index contributed by atoms with van der Waals surface area (Å²) in [7, 11) is -1.29. The molecular formula is C14H23FN2O4S2. The molecule has 0 aromatic heterocycles. The summed E-state index contributed by atoms with van der Waals surface area (Å²) in [5.74, 6) is -0.852. The van der Waals surface area contributed by atoms with Gasteiger partial charge in [-0.15, -0.1) is 0 Å². The van der Waals surface area contributed by atoms with Crippen LogP contribution in [0.2, 0.25) is 0 Å². The Hall–Kier alpha value is -1.03. The van der Waals surface area contributed by atoms with E-state index < -0.39 is 31.6 Å². The van der Waals surface area contributed by atoms with Crippen molar-refractivity contribution in [1.29, 1.82) is 0 Å². The normalized spacial score (nSPS) is 14.1. The largest absolute Gasteiger partial charge is 0.494 e. The second kappa shape index (κ2) is 7.25. The predicted molar refractivity (Wildman–Crippen MR) is 88.6 cm³/mol. The number of methoxy groups -OCH3 is 1. The Kier molecular flexibility index (Phi) is 6.31. The van der Waals surface area contributed by atoms with Crippen LogP contribution in [0.25, 0.3) is 0 Å². The molecule has 0 radical (unpaired) electrons. The fourth-order valence-electron chi connectivity index (χ4n) is 1.70. The molecule has 1 rings (SSSR count). The van der Waals surface area contributed by atoms with E-state index in [-0.39, 0.29) is 22.8 Å². The van der Waals surface area contributed by atoms with E-state index >= 15 is 0 Å². The van der Waals surface area contributed by atoms with Crippen molar-refractivity contribution in [2.75, 3.05) is 21.2 Å². The van der Waals surface area contributed by atoms with Gasteiger partial charge in [-0.25, -0.2) is 26.0 Å². The average Bonchev–Trinajstić information content (AvgIpc) is 2.43. The van der Waals surface area contributed by atoms with Gasteiger partial charge in [0.2, 0.25) is 10.0 Å². The third-order valence-corrected chi connectivity index (χ3v) is 6.50. The SMILES string of the molecule is COc1ccc(S(=O)(=O)N(C)C)c(CNS(=O)C(C)(C)C)c1F. The van der Waals surface area contributed by atoms with Gasteiger partial charge in [-0.2, -0.15) is 0 Å². The molecule has 1 aromatic rings. The second-order valence-electron chi connectivity index (χ2n) is 6.05. The van der Waals surface area contributed by atoms with Crippen molar-refractivity contribution in [3.8, 4) is 5.75 Å². The van der Waals surface area contributed by atoms with Crippen LogP contribution in [0.1, 0.15) is 26.3 Å². The summed E-state index contributed by atoms with van der Waals surface area (Å²) in [5.41, 5.74) is -0.101. The Morgan fingerprint density at radius 1 is 1.30 bits per heavy atom. The van der Waals surface area contributed by atoms with Crippen LogP contribution < -0.4 is 9.46 Å². The molecule has 0 amide bonds. The summed E-state index contributed by atoms with van der Waals surface area (Å²) >= 11 is 0. The van der Waals surface area contributed by atoms with Crippen molar-refractivity contribution in [2.24, 2.45) is 0 Å². The first kappa shape index (κ1) is 20.0. The summed E-state index contributed by atoms with van der Waals surface area (Å²) in [5, 5.41) is 0. The molecule has 0 bridgehead atoms. The Labute approximate surface area is 139 Å². The van der Waals surface area contributed by atoms with E-state index in [2.05, 4.69) is 4.72 Å². The van der Waals surface area contributed by atoms with Gasteiger partial charge in [0.15, 0.2) is 11.6 Å². The fraction of sp³-hybridized carbons (Fsp3) is 0.571. The van der Waals surface area contributed by atoms with Crippen LogP contribution in [0.5, 0.6) is 5.75 Å². The van der Waals surface area contributed by atoms with Crippen molar-refractivity contribution in [3.63, 3.8) is 0 Å². The summed E-state index contributed by atoms with van der Waals surface area (Å²) < 4.78 is 59.4. The lowest BCUT2D eigenvalue weighted by molar-refractivity contribution is 0.382. The Morgan fingerprint density at radius 3 is 2.30 bits per heavy atom. The molecule has 1 atom stereocenters. The minimum atomic E-state index is -3.84. The molecule has 0 aliphatic heterocycles. The maximum Gasteiger partial charge on any atom is 0.242 e. The maximum absolute atomic E-state index is 14.5. The first-order valence-corrected chi connectivity index (χ1v) is 9.45. The van der Waals surface area contributed by atoms with Gasteiger partial charge in [-0.3, -0.25) is 0 Å². The molecule has 132 valence electrons. The number of nitrogens with one attached hydrogen (secondary N) is 1. The first-order valence-electron chi connectivity index (χ1n) is 6.86. The highest BCUT2D eigenvalue weighted by Gasteiger charge is 2.27. The van der Waals surface area contributed by atoms with E-state index in [0.29, 0.717) is 0 Å². The van der Waals surface area contributed by atoms with Crippen molar-refractivity contribution < 1.29 is 21.8 Å². The monoisotopic (exact) mass is 366 g/mol. The van der Waals surface area contributed by atoms with Gasteiger partial charge in [0.05, 0.1) is 27.7 Å². The van der Waals surface area contributed by atoms with Gasteiger partial charge in [0.25, 0.3) is 0 Å². The zero-order chi connectivity index (χ0) is 18.0. The molecule has 0 aliphatic carbocycles. The van der Waals surface area contributed by atoms with Gasteiger partial charge < -0.3 is 4.74 Å². The number of halogens is 1.